The van der Waals surface area contributed by atoms with E-state index in [9.17, 15) is 4.79 Å². The van der Waals surface area contributed by atoms with Gasteiger partial charge in [0.05, 0.1) is 31.3 Å². The van der Waals surface area contributed by atoms with Crippen LogP contribution in [0.2, 0.25) is 0 Å². The van der Waals surface area contributed by atoms with Gasteiger partial charge in [-0.2, -0.15) is 0 Å². The van der Waals surface area contributed by atoms with Crippen molar-refractivity contribution in [3.05, 3.63) is 72.4 Å². The third-order valence-electron chi connectivity index (χ3n) is 3.47. The molecule has 0 bridgehead atoms. The number of carbonyl (C=O) groups excluding carboxylic acids is 1. The summed E-state index contributed by atoms with van der Waals surface area (Å²) in [5, 5.41) is 5.99. The maximum absolute atomic E-state index is 12.2. The van der Waals surface area contributed by atoms with E-state index in [1.54, 1.807) is 30.7 Å². The molecule has 0 aliphatic heterocycles. The molecule has 0 radical (unpaired) electrons. The van der Waals surface area contributed by atoms with Gasteiger partial charge in [0.15, 0.2) is 0 Å². The minimum atomic E-state index is -0.262. The molecule has 0 aliphatic rings. The number of hydrogen-bond acceptors (Lipinski definition) is 5. The van der Waals surface area contributed by atoms with E-state index in [1.807, 2.05) is 37.3 Å². The second kappa shape index (κ2) is 8.01. The molecular formula is C19H19N3O3. The van der Waals surface area contributed by atoms with E-state index in [2.05, 4.69) is 15.6 Å². The number of furan rings is 1. The summed E-state index contributed by atoms with van der Waals surface area (Å²) in [6.07, 6.45) is 3.25. The Hall–Kier alpha value is -3.28. The molecular weight excluding hydrogens is 318 g/mol. The molecule has 1 aromatic carbocycles. The van der Waals surface area contributed by atoms with Gasteiger partial charge < -0.3 is 19.8 Å². The van der Waals surface area contributed by atoms with Gasteiger partial charge in [-0.15, -0.1) is 0 Å². The molecule has 2 N–H and O–H groups in total. The van der Waals surface area contributed by atoms with Gasteiger partial charge in [-0.1, -0.05) is 0 Å². The van der Waals surface area contributed by atoms with Crippen molar-refractivity contribution in [2.45, 2.75) is 13.5 Å². The van der Waals surface area contributed by atoms with Crippen LogP contribution in [-0.2, 0) is 6.54 Å². The predicted molar refractivity (Wildman–Crippen MR) is 95.8 cm³/mol. The quantitative estimate of drug-likeness (QED) is 0.683. The molecule has 0 atom stereocenters. The smallest absolute Gasteiger partial charge is 0.274 e. The van der Waals surface area contributed by atoms with Crippen LogP contribution in [0.4, 0.5) is 11.4 Å². The standard InChI is InChI=1S/C19H19N3O3/c1-2-24-16-8-5-14(6-9-16)22-19(23)18-10-7-15(12-21-18)20-13-17-4-3-11-25-17/h3-12,20H,2,13H2,1H3,(H,22,23). The lowest BCUT2D eigenvalue weighted by Gasteiger charge is -2.08. The molecule has 6 nitrogen and oxygen atoms in total. The molecule has 0 aliphatic carbocycles. The Bertz CT molecular complexity index is 797. The van der Waals surface area contributed by atoms with Crippen molar-refractivity contribution in [1.82, 2.24) is 4.98 Å². The van der Waals surface area contributed by atoms with Crippen molar-refractivity contribution in [1.29, 1.82) is 0 Å². The Labute approximate surface area is 145 Å². The lowest BCUT2D eigenvalue weighted by molar-refractivity contribution is 0.102. The number of carbonyl (C=O) groups is 1. The first kappa shape index (κ1) is 16.6. The summed E-state index contributed by atoms with van der Waals surface area (Å²) in [6.45, 7) is 3.09. The van der Waals surface area contributed by atoms with E-state index in [4.69, 9.17) is 9.15 Å². The highest BCUT2D eigenvalue weighted by Gasteiger charge is 2.08. The number of benzene rings is 1. The second-order valence-corrected chi connectivity index (χ2v) is 5.28. The summed E-state index contributed by atoms with van der Waals surface area (Å²) in [4.78, 5) is 16.4. The van der Waals surface area contributed by atoms with E-state index in [-0.39, 0.29) is 5.91 Å². The summed E-state index contributed by atoms with van der Waals surface area (Å²) in [5.74, 6) is 1.34. The number of anilines is 2. The third-order valence-corrected chi connectivity index (χ3v) is 3.47. The van der Waals surface area contributed by atoms with Gasteiger partial charge in [-0.05, 0) is 55.5 Å². The fraction of sp³-hybridized carbons (Fsp3) is 0.158. The van der Waals surface area contributed by atoms with Crippen molar-refractivity contribution in [3.8, 4) is 5.75 Å². The summed E-state index contributed by atoms with van der Waals surface area (Å²) in [6, 6.07) is 14.4. The molecule has 3 rings (SSSR count). The molecule has 6 heteroatoms. The number of ether oxygens (including phenoxy) is 1. The average Bonchev–Trinajstić information content (AvgIpc) is 3.16. The molecule has 0 spiro atoms. The van der Waals surface area contributed by atoms with Crippen LogP contribution in [0.5, 0.6) is 5.75 Å². The van der Waals surface area contributed by atoms with Crippen molar-refractivity contribution < 1.29 is 13.9 Å². The van der Waals surface area contributed by atoms with E-state index in [1.165, 1.54) is 0 Å². The van der Waals surface area contributed by atoms with Crippen LogP contribution in [0.25, 0.3) is 0 Å². The van der Waals surface area contributed by atoms with Crippen molar-refractivity contribution in [3.63, 3.8) is 0 Å². The molecule has 2 heterocycles. The van der Waals surface area contributed by atoms with Crippen LogP contribution < -0.4 is 15.4 Å². The molecule has 0 fully saturated rings. The summed E-state index contributed by atoms with van der Waals surface area (Å²) in [5.41, 5.74) is 1.85. The first-order chi connectivity index (χ1) is 12.2. The molecule has 128 valence electrons. The van der Waals surface area contributed by atoms with Crippen LogP contribution in [0.15, 0.2) is 65.4 Å². The normalized spacial score (nSPS) is 10.3. The van der Waals surface area contributed by atoms with Crippen LogP contribution in [0.3, 0.4) is 0 Å². The first-order valence-electron chi connectivity index (χ1n) is 8.01. The summed E-state index contributed by atoms with van der Waals surface area (Å²) < 4.78 is 10.6. The Balaban J connectivity index is 1.56. The van der Waals surface area contributed by atoms with Gasteiger partial charge in [0.25, 0.3) is 5.91 Å². The third kappa shape index (κ3) is 4.60. The molecule has 0 saturated heterocycles. The molecule has 3 aromatic rings. The number of rotatable bonds is 7. The van der Waals surface area contributed by atoms with Gasteiger partial charge in [0.1, 0.15) is 17.2 Å². The average molecular weight is 337 g/mol. The maximum Gasteiger partial charge on any atom is 0.274 e. The monoisotopic (exact) mass is 337 g/mol. The Morgan fingerprint density at radius 3 is 2.56 bits per heavy atom. The lowest BCUT2D eigenvalue weighted by atomic mass is 10.2. The maximum atomic E-state index is 12.2. The SMILES string of the molecule is CCOc1ccc(NC(=O)c2ccc(NCc3ccco3)cn2)cc1. The first-order valence-corrected chi connectivity index (χ1v) is 8.01. The Morgan fingerprint density at radius 1 is 1.12 bits per heavy atom. The number of aromatic nitrogens is 1. The minimum absolute atomic E-state index is 0.262. The highest BCUT2D eigenvalue weighted by molar-refractivity contribution is 6.02. The largest absolute Gasteiger partial charge is 0.494 e. The molecule has 2 aromatic heterocycles. The van der Waals surface area contributed by atoms with Gasteiger partial charge in [0, 0.05) is 5.69 Å². The number of nitrogens with zero attached hydrogens (tertiary/aromatic N) is 1. The van der Waals surface area contributed by atoms with E-state index < -0.39 is 0 Å². The van der Waals surface area contributed by atoms with Gasteiger partial charge in [0.2, 0.25) is 0 Å². The van der Waals surface area contributed by atoms with Gasteiger partial charge >= 0.3 is 0 Å². The zero-order valence-corrected chi connectivity index (χ0v) is 13.9. The van der Waals surface area contributed by atoms with Crippen molar-refractivity contribution >= 4 is 17.3 Å². The molecule has 25 heavy (non-hydrogen) atoms. The van der Waals surface area contributed by atoms with Crippen molar-refractivity contribution in [2.24, 2.45) is 0 Å². The minimum Gasteiger partial charge on any atom is -0.494 e. The van der Waals surface area contributed by atoms with Crippen LogP contribution in [0, 0.1) is 0 Å². The van der Waals surface area contributed by atoms with E-state index >= 15 is 0 Å². The van der Waals surface area contributed by atoms with E-state index in [0.717, 1.165) is 17.2 Å². The summed E-state index contributed by atoms with van der Waals surface area (Å²) >= 11 is 0. The van der Waals surface area contributed by atoms with Crippen molar-refractivity contribution in [2.75, 3.05) is 17.2 Å². The van der Waals surface area contributed by atoms with Crippen LogP contribution in [0.1, 0.15) is 23.2 Å². The lowest BCUT2D eigenvalue weighted by Crippen LogP contribution is -2.13. The topological polar surface area (TPSA) is 76.4 Å². The molecule has 0 saturated carbocycles. The highest BCUT2D eigenvalue weighted by atomic mass is 16.5. The fourth-order valence-electron chi connectivity index (χ4n) is 2.23. The number of amides is 1. The predicted octanol–water partition coefficient (Wildman–Crippen LogP) is 3.94. The van der Waals surface area contributed by atoms with Crippen LogP contribution in [-0.4, -0.2) is 17.5 Å². The second-order valence-electron chi connectivity index (χ2n) is 5.28. The Kier molecular flexibility index (Phi) is 5.31. The van der Waals surface area contributed by atoms with E-state index in [0.29, 0.717) is 24.5 Å². The summed E-state index contributed by atoms with van der Waals surface area (Å²) in [7, 11) is 0. The van der Waals surface area contributed by atoms with Gasteiger partial charge in [-0.3, -0.25) is 4.79 Å². The number of nitrogens with one attached hydrogen (secondary N) is 2. The van der Waals surface area contributed by atoms with Gasteiger partial charge in [-0.25, -0.2) is 4.98 Å². The molecule has 1 amide bonds. The fourth-order valence-corrected chi connectivity index (χ4v) is 2.23. The zero-order valence-electron chi connectivity index (χ0n) is 13.9. The zero-order chi connectivity index (χ0) is 17.5. The Morgan fingerprint density at radius 2 is 1.92 bits per heavy atom. The number of hydrogen-bond donors (Lipinski definition) is 2. The number of pyridine rings is 1. The van der Waals surface area contributed by atoms with Crippen LogP contribution >= 0.6 is 0 Å². The highest BCUT2D eigenvalue weighted by Crippen LogP contribution is 2.16. The molecule has 0 unspecified atom stereocenters.